The van der Waals surface area contributed by atoms with Gasteiger partial charge in [-0.05, 0) is 53.7 Å². The summed E-state index contributed by atoms with van der Waals surface area (Å²) in [5, 5.41) is 3.58. The molecule has 0 aliphatic heterocycles. The predicted octanol–water partition coefficient (Wildman–Crippen LogP) is 3.51. The van der Waals surface area contributed by atoms with E-state index < -0.39 is 0 Å². The third-order valence-corrected chi connectivity index (χ3v) is 3.97. The molecule has 1 N–H and O–H groups in total. The van der Waals surface area contributed by atoms with Crippen LogP contribution in [0, 0.1) is 5.92 Å². The van der Waals surface area contributed by atoms with Crippen LogP contribution >= 0.6 is 15.9 Å². The van der Waals surface area contributed by atoms with Crippen LogP contribution in [0.3, 0.4) is 0 Å². The molecule has 1 saturated carbocycles. The van der Waals surface area contributed by atoms with Gasteiger partial charge >= 0.3 is 0 Å². The number of nitrogens with one attached hydrogen (secondary N) is 1. The van der Waals surface area contributed by atoms with Crippen molar-refractivity contribution in [3.63, 3.8) is 0 Å². The van der Waals surface area contributed by atoms with Crippen LogP contribution in [-0.2, 0) is 6.54 Å². The molecule has 0 aromatic carbocycles. The molecule has 3 heteroatoms. The van der Waals surface area contributed by atoms with Crippen molar-refractivity contribution in [2.75, 3.05) is 0 Å². The highest BCUT2D eigenvalue weighted by molar-refractivity contribution is 9.10. The molecule has 1 aromatic rings. The lowest BCUT2D eigenvalue weighted by Gasteiger charge is -2.20. The van der Waals surface area contributed by atoms with Crippen molar-refractivity contribution < 1.29 is 0 Å². The average molecular weight is 283 g/mol. The topological polar surface area (TPSA) is 24.9 Å². The monoisotopic (exact) mass is 282 g/mol. The maximum absolute atomic E-state index is 4.37. The lowest BCUT2D eigenvalue weighted by molar-refractivity contribution is 0.379. The largest absolute Gasteiger partial charge is 0.308 e. The lowest BCUT2D eigenvalue weighted by atomic mass is 10.00. The molecule has 0 spiro atoms. The van der Waals surface area contributed by atoms with E-state index >= 15 is 0 Å². The molecule has 0 radical (unpaired) electrons. The molecule has 0 unspecified atom stereocenters. The highest BCUT2D eigenvalue weighted by atomic mass is 79.9. The van der Waals surface area contributed by atoms with E-state index in [4.69, 9.17) is 0 Å². The summed E-state index contributed by atoms with van der Waals surface area (Å²) >= 11 is 3.40. The highest BCUT2D eigenvalue weighted by Crippen LogP contribution is 2.27. The van der Waals surface area contributed by atoms with Crippen LogP contribution in [0.4, 0.5) is 0 Å². The Labute approximate surface area is 106 Å². The van der Waals surface area contributed by atoms with Gasteiger partial charge in [0.1, 0.15) is 0 Å². The maximum Gasteiger partial charge on any atom is 0.0542 e. The first-order valence-electron chi connectivity index (χ1n) is 6.09. The number of nitrogens with zero attached hydrogens (tertiary/aromatic N) is 1. The summed E-state index contributed by atoms with van der Waals surface area (Å²) in [6.45, 7) is 3.18. The first-order valence-corrected chi connectivity index (χ1v) is 6.89. The quantitative estimate of drug-likeness (QED) is 0.914. The number of hydrogen-bond acceptors (Lipinski definition) is 2. The second-order valence-electron chi connectivity index (χ2n) is 4.68. The molecule has 1 aromatic heterocycles. The zero-order chi connectivity index (χ0) is 11.4. The molecule has 88 valence electrons. The summed E-state index contributed by atoms with van der Waals surface area (Å²) in [6, 6.07) is 4.73. The second-order valence-corrected chi connectivity index (χ2v) is 5.60. The molecule has 0 bridgehead atoms. The van der Waals surface area contributed by atoms with Gasteiger partial charge in [-0.1, -0.05) is 12.8 Å². The molecule has 16 heavy (non-hydrogen) atoms. The minimum Gasteiger partial charge on any atom is -0.308 e. The fraction of sp³-hybridized carbons (Fsp3) is 0.615. The van der Waals surface area contributed by atoms with E-state index in [2.05, 4.69) is 39.2 Å². The van der Waals surface area contributed by atoms with Gasteiger partial charge in [0, 0.05) is 23.3 Å². The lowest BCUT2D eigenvalue weighted by Crippen LogP contribution is -2.31. The third kappa shape index (κ3) is 3.29. The summed E-state index contributed by atoms with van der Waals surface area (Å²) in [6.07, 6.45) is 7.46. The molecular weight excluding hydrogens is 264 g/mol. The smallest absolute Gasteiger partial charge is 0.0542 e. The fourth-order valence-electron chi connectivity index (χ4n) is 2.40. The molecule has 1 aliphatic carbocycles. The second kappa shape index (κ2) is 5.78. The number of rotatable bonds is 4. The van der Waals surface area contributed by atoms with Crippen molar-refractivity contribution >= 4 is 15.9 Å². The Morgan fingerprint density at radius 2 is 2.19 bits per heavy atom. The van der Waals surface area contributed by atoms with Crippen LogP contribution in [0.25, 0.3) is 0 Å². The van der Waals surface area contributed by atoms with Gasteiger partial charge in [-0.3, -0.25) is 4.98 Å². The van der Waals surface area contributed by atoms with Crippen molar-refractivity contribution in [1.82, 2.24) is 10.3 Å². The summed E-state index contributed by atoms with van der Waals surface area (Å²) in [5.41, 5.74) is 1.12. The average Bonchev–Trinajstić information content (AvgIpc) is 2.81. The van der Waals surface area contributed by atoms with Gasteiger partial charge in [-0.25, -0.2) is 0 Å². The normalized spacial score (nSPS) is 18.9. The molecule has 0 amide bonds. The van der Waals surface area contributed by atoms with E-state index in [9.17, 15) is 0 Å². The number of pyridine rings is 1. The molecule has 1 heterocycles. The van der Waals surface area contributed by atoms with Crippen LogP contribution in [-0.4, -0.2) is 11.0 Å². The van der Waals surface area contributed by atoms with Gasteiger partial charge < -0.3 is 5.32 Å². The fourth-order valence-corrected chi connectivity index (χ4v) is 2.64. The van der Waals surface area contributed by atoms with Crippen LogP contribution < -0.4 is 5.32 Å². The van der Waals surface area contributed by atoms with Gasteiger partial charge in [-0.15, -0.1) is 0 Å². The van der Waals surface area contributed by atoms with E-state index in [1.807, 2.05) is 12.3 Å². The minimum absolute atomic E-state index is 0.618. The van der Waals surface area contributed by atoms with Crippen LogP contribution in [0.15, 0.2) is 22.8 Å². The van der Waals surface area contributed by atoms with Gasteiger partial charge in [0.05, 0.1) is 5.69 Å². The van der Waals surface area contributed by atoms with Crippen LogP contribution in [0.2, 0.25) is 0 Å². The van der Waals surface area contributed by atoms with Crippen molar-refractivity contribution in [2.45, 2.75) is 45.2 Å². The molecular formula is C13H19BrN2. The molecule has 0 saturated heterocycles. The number of hydrogen-bond donors (Lipinski definition) is 1. The summed E-state index contributed by atoms with van der Waals surface area (Å²) in [7, 11) is 0. The zero-order valence-corrected chi connectivity index (χ0v) is 11.3. The molecule has 1 fully saturated rings. The Bertz CT molecular complexity index is 317. The standard InChI is InChI=1S/C13H19BrN2/c1-10(11-4-2-3-5-11)15-9-13-7-6-12(14)8-16-13/h6-8,10-11,15H,2-5,9H2,1H3/t10-/m0/s1. The molecule has 1 aliphatic rings. The van der Waals surface area contributed by atoms with Crippen molar-refractivity contribution in [1.29, 1.82) is 0 Å². The van der Waals surface area contributed by atoms with Gasteiger partial charge in [0.2, 0.25) is 0 Å². The highest BCUT2D eigenvalue weighted by Gasteiger charge is 2.20. The summed E-state index contributed by atoms with van der Waals surface area (Å²) in [5.74, 6) is 0.871. The first-order chi connectivity index (χ1) is 7.75. The molecule has 1 atom stereocenters. The van der Waals surface area contributed by atoms with E-state index in [0.717, 1.165) is 22.6 Å². The number of aromatic nitrogens is 1. The van der Waals surface area contributed by atoms with Crippen LogP contribution in [0.5, 0.6) is 0 Å². The van der Waals surface area contributed by atoms with Gasteiger partial charge in [0.25, 0.3) is 0 Å². The predicted molar refractivity (Wildman–Crippen MR) is 70.2 cm³/mol. The first kappa shape index (κ1) is 12.1. The van der Waals surface area contributed by atoms with E-state index in [1.54, 1.807) is 0 Å². The maximum atomic E-state index is 4.37. The van der Waals surface area contributed by atoms with Crippen molar-refractivity contribution in [3.05, 3.63) is 28.5 Å². The number of halogens is 1. The molecule has 2 nitrogen and oxygen atoms in total. The van der Waals surface area contributed by atoms with E-state index in [1.165, 1.54) is 25.7 Å². The third-order valence-electron chi connectivity index (χ3n) is 3.50. The Morgan fingerprint density at radius 1 is 1.44 bits per heavy atom. The Balaban J connectivity index is 1.80. The molecule has 2 rings (SSSR count). The Morgan fingerprint density at radius 3 is 2.81 bits per heavy atom. The minimum atomic E-state index is 0.618. The van der Waals surface area contributed by atoms with Crippen molar-refractivity contribution in [2.24, 2.45) is 5.92 Å². The van der Waals surface area contributed by atoms with Gasteiger partial charge in [0.15, 0.2) is 0 Å². The summed E-state index contributed by atoms with van der Waals surface area (Å²) < 4.78 is 1.04. The zero-order valence-electron chi connectivity index (χ0n) is 9.75. The Kier molecular flexibility index (Phi) is 4.36. The summed E-state index contributed by atoms with van der Waals surface area (Å²) in [4.78, 5) is 4.37. The van der Waals surface area contributed by atoms with Crippen molar-refractivity contribution in [3.8, 4) is 0 Å². The van der Waals surface area contributed by atoms with E-state index in [-0.39, 0.29) is 0 Å². The van der Waals surface area contributed by atoms with E-state index in [0.29, 0.717) is 6.04 Å². The Hall–Kier alpha value is -0.410. The van der Waals surface area contributed by atoms with Gasteiger partial charge in [-0.2, -0.15) is 0 Å². The van der Waals surface area contributed by atoms with Crippen LogP contribution in [0.1, 0.15) is 38.3 Å². The SMILES string of the molecule is C[C@H](NCc1ccc(Br)cn1)C1CCCC1.